The first-order valence-corrected chi connectivity index (χ1v) is 7.75. The summed E-state index contributed by atoms with van der Waals surface area (Å²) in [5, 5.41) is 4.49. The average molecular weight is 324 g/mol. The minimum absolute atomic E-state index is 0.614. The topological polar surface area (TPSA) is 71.5 Å². The van der Waals surface area contributed by atoms with Crippen LogP contribution in [0, 0.1) is 0 Å². The number of nitrogens with one attached hydrogen (secondary N) is 2. The Balaban J connectivity index is 1.86. The van der Waals surface area contributed by atoms with E-state index in [2.05, 4.69) is 27.4 Å². The lowest BCUT2D eigenvalue weighted by molar-refractivity contribution is 0.355. The maximum absolute atomic E-state index is 5.36. The van der Waals surface area contributed by atoms with Crippen molar-refractivity contribution in [2.75, 3.05) is 19.6 Å². The highest BCUT2D eigenvalue weighted by molar-refractivity contribution is 6.01. The van der Waals surface area contributed by atoms with Gasteiger partial charge < -0.3 is 14.5 Å². The highest BCUT2D eigenvalue weighted by Crippen LogP contribution is 2.28. The van der Waals surface area contributed by atoms with Crippen LogP contribution in [0.15, 0.2) is 47.6 Å². The maximum Gasteiger partial charge on any atom is 0.222 e. The van der Waals surface area contributed by atoms with Crippen LogP contribution in [0.5, 0.6) is 11.5 Å². The number of ether oxygens (including phenoxy) is 2. The fourth-order valence-electron chi connectivity index (χ4n) is 2.49. The van der Waals surface area contributed by atoms with Crippen molar-refractivity contribution in [3.8, 4) is 11.5 Å². The number of benzene rings is 2. The molecular weight excluding hydrogens is 304 g/mol. The number of fused-ring (bicyclic) bond motifs is 1. The van der Waals surface area contributed by atoms with Crippen LogP contribution < -0.4 is 14.9 Å². The number of methoxy groups -OCH3 is 2. The second-order valence-electron chi connectivity index (χ2n) is 5.20. The van der Waals surface area contributed by atoms with Gasteiger partial charge in [0.2, 0.25) is 5.95 Å². The van der Waals surface area contributed by atoms with Crippen molar-refractivity contribution in [1.29, 1.82) is 0 Å². The molecule has 0 aliphatic heterocycles. The van der Waals surface area contributed by atoms with Crippen LogP contribution in [0.1, 0.15) is 18.9 Å². The second-order valence-corrected chi connectivity index (χ2v) is 5.20. The van der Waals surface area contributed by atoms with Crippen molar-refractivity contribution in [3.05, 3.63) is 48.0 Å². The van der Waals surface area contributed by atoms with Gasteiger partial charge in [-0.05, 0) is 36.8 Å². The highest BCUT2D eigenvalue weighted by atomic mass is 16.5. The van der Waals surface area contributed by atoms with Gasteiger partial charge in [-0.3, -0.25) is 0 Å². The molecular formula is C18H20N4O2. The Kier molecular flexibility index (Phi) is 4.65. The van der Waals surface area contributed by atoms with Gasteiger partial charge in [-0.25, -0.2) is 10.4 Å². The zero-order valence-electron chi connectivity index (χ0n) is 14.0. The van der Waals surface area contributed by atoms with Gasteiger partial charge in [-0.2, -0.15) is 5.10 Å². The predicted octanol–water partition coefficient (Wildman–Crippen LogP) is 3.81. The SMILES string of the molecule is CCC(=NNc1nc2ccccc2[nH]1)c1ccc(OC)c(OC)c1. The lowest BCUT2D eigenvalue weighted by Crippen LogP contribution is -2.04. The monoisotopic (exact) mass is 324 g/mol. The molecule has 0 amide bonds. The van der Waals surface area contributed by atoms with E-state index < -0.39 is 0 Å². The quantitative estimate of drug-likeness (QED) is 0.534. The minimum atomic E-state index is 0.614. The summed E-state index contributed by atoms with van der Waals surface area (Å²) < 4.78 is 10.6. The lowest BCUT2D eigenvalue weighted by Gasteiger charge is -2.10. The van der Waals surface area contributed by atoms with Gasteiger partial charge in [0, 0.05) is 5.56 Å². The summed E-state index contributed by atoms with van der Waals surface area (Å²) in [7, 11) is 3.24. The van der Waals surface area contributed by atoms with Crippen LogP contribution >= 0.6 is 0 Å². The number of aromatic amines is 1. The summed E-state index contributed by atoms with van der Waals surface area (Å²) >= 11 is 0. The van der Waals surface area contributed by atoms with Crippen molar-refractivity contribution in [1.82, 2.24) is 9.97 Å². The number of hydrazone groups is 1. The molecule has 0 radical (unpaired) electrons. The molecule has 0 aliphatic rings. The number of hydrogen-bond donors (Lipinski definition) is 2. The third-order valence-electron chi connectivity index (χ3n) is 3.74. The Morgan fingerprint density at radius 3 is 2.62 bits per heavy atom. The first-order valence-electron chi connectivity index (χ1n) is 7.75. The van der Waals surface area contributed by atoms with Crippen molar-refractivity contribution in [3.63, 3.8) is 0 Å². The summed E-state index contributed by atoms with van der Waals surface area (Å²) in [6, 6.07) is 13.6. The van der Waals surface area contributed by atoms with Crippen LogP contribution in [0.4, 0.5) is 5.95 Å². The fourth-order valence-corrected chi connectivity index (χ4v) is 2.49. The molecule has 0 fully saturated rings. The number of imidazole rings is 1. The highest BCUT2D eigenvalue weighted by Gasteiger charge is 2.09. The van der Waals surface area contributed by atoms with Gasteiger partial charge in [0.15, 0.2) is 11.5 Å². The van der Waals surface area contributed by atoms with E-state index in [1.54, 1.807) is 14.2 Å². The van der Waals surface area contributed by atoms with Crippen molar-refractivity contribution >= 4 is 22.7 Å². The first kappa shape index (κ1) is 15.9. The molecule has 0 spiro atoms. The number of para-hydroxylation sites is 2. The molecule has 3 rings (SSSR count). The summed E-state index contributed by atoms with van der Waals surface area (Å²) in [5.41, 5.74) is 6.74. The average Bonchev–Trinajstić information content (AvgIpc) is 3.04. The van der Waals surface area contributed by atoms with E-state index in [1.165, 1.54) is 0 Å². The zero-order valence-corrected chi connectivity index (χ0v) is 14.0. The Hall–Kier alpha value is -3.02. The Labute approximate surface area is 140 Å². The summed E-state index contributed by atoms with van der Waals surface area (Å²) in [4.78, 5) is 7.65. The number of rotatable bonds is 6. The van der Waals surface area contributed by atoms with E-state index in [0.29, 0.717) is 17.4 Å². The van der Waals surface area contributed by atoms with E-state index in [0.717, 1.165) is 28.7 Å². The molecule has 0 aliphatic carbocycles. The van der Waals surface area contributed by atoms with Crippen LogP contribution in [-0.2, 0) is 0 Å². The molecule has 24 heavy (non-hydrogen) atoms. The smallest absolute Gasteiger partial charge is 0.222 e. The summed E-state index contributed by atoms with van der Waals surface area (Å²) in [6.45, 7) is 2.05. The molecule has 124 valence electrons. The van der Waals surface area contributed by atoms with Crippen LogP contribution in [-0.4, -0.2) is 29.9 Å². The molecule has 2 N–H and O–H groups in total. The molecule has 0 saturated carbocycles. The van der Waals surface area contributed by atoms with E-state index in [4.69, 9.17) is 9.47 Å². The number of H-pyrrole nitrogens is 1. The molecule has 0 bridgehead atoms. The molecule has 6 nitrogen and oxygen atoms in total. The second kappa shape index (κ2) is 7.04. The predicted molar refractivity (Wildman–Crippen MR) is 96.1 cm³/mol. The maximum atomic E-state index is 5.36. The Morgan fingerprint density at radius 1 is 1.12 bits per heavy atom. The third-order valence-corrected chi connectivity index (χ3v) is 3.74. The van der Waals surface area contributed by atoms with Gasteiger partial charge in [0.25, 0.3) is 0 Å². The van der Waals surface area contributed by atoms with Crippen molar-refractivity contribution in [2.24, 2.45) is 5.10 Å². The van der Waals surface area contributed by atoms with E-state index in [1.807, 2.05) is 42.5 Å². The zero-order chi connectivity index (χ0) is 16.9. The van der Waals surface area contributed by atoms with Crippen LogP contribution in [0.3, 0.4) is 0 Å². The van der Waals surface area contributed by atoms with Gasteiger partial charge in [0.1, 0.15) is 0 Å². The number of aromatic nitrogens is 2. The number of nitrogens with zero attached hydrogens (tertiary/aromatic N) is 2. The molecule has 1 heterocycles. The van der Waals surface area contributed by atoms with E-state index in [-0.39, 0.29) is 0 Å². The number of hydrogen-bond acceptors (Lipinski definition) is 5. The Morgan fingerprint density at radius 2 is 1.92 bits per heavy atom. The largest absolute Gasteiger partial charge is 0.493 e. The first-order chi connectivity index (χ1) is 11.7. The molecule has 1 aromatic heterocycles. The van der Waals surface area contributed by atoms with Gasteiger partial charge >= 0.3 is 0 Å². The molecule has 0 unspecified atom stereocenters. The minimum Gasteiger partial charge on any atom is -0.493 e. The van der Waals surface area contributed by atoms with Crippen LogP contribution in [0.25, 0.3) is 11.0 Å². The van der Waals surface area contributed by atoms with E-state index >= 15 is 0 Å². The normalized spacial score (nSPS) is 11.5. The van der Waals surface area contributed by atoms with Gasteiger partial charge in [0.05, 0.1) is 31.0 Å². The van der Waals surface area contributed by atoms with Gasteiger partial charge in [-0.15, -0.1) is 0 Å². The van der Waals surface area contributed by atoms with Crippen molar-refractivity contribution < 1.29 is 9.47 Å². The standard InChI is InChI=1S/C18H20N4O2/c1-4-13(12-9-10-16(23-2)17(11-12)24-3)21-22-18-19-14-7-5-6-8-15(14)20-18/h5-11H,4H2,1-3H3,(H2,19,20,22). The lowest BCUT2D eigenvalue weighted by atomic mass is 10.1. The number of anilines is 1. The molecule has 0 saturated heterocycles. The molecule has 0 atom stereocenters. The van der Waals surface area contributed by atoms with E-state index in [9.17, 15) is 0 Å². The fraction of sp³-hybridized carbons (Fsp3) is 0.222. The molecule has 6 heteroatoms. The Bertz CT molecular complexity index is 837. The molecule has 2 aromatic carbocycles. The third kappa shape index (κ3) is 3.17. The summed E-state index contributed by atoms with van der Waals surface area (Å²) in [5.74, 6) is 1.99. The molecule has 3 aromatic rings. The summed E-state index contributed by atoms with van der Waals surface area (Å²) in [6.07, 6.45) is 0.767. The van der Waals surface area contributed by atoms with Gasteiger partial charge in [-0.1, -0.05) is 19.1 Å². The van der Waals surface area contributed by atoms with Crippen LogP contribution in [0.2, 0.25) is 0 Å². The van der Waals surface area contributed by atoms with Crippen molar-refractivity contribution in [2.45, 2.75) is 13.3 Å².